The summed E-state index contributed by atoms with van der Waals surface area (Å²) in [5.41, 5.74) is 4.92. The summed E-state index contributed by atoms with van der Waals surface area (Å²) in [6, 6.07) is 7.33. The molecule has 1 aromatic carbocycles. The minimum Gasteiger partial charge on any atom is -0.391 e. The number of aliphatic hydroxyl groups excluding tert-OH is 1. The van der Waals surface area contributed by atoms with Crippen molar-refractivity contribution in [1.29, 1.82) is 0 Å². The van der Waals surface area contributed by atoms with Gasteiger partial charge in [0.2, 0.25) is 11.8 Å². The van der Waals surface area contributed by atoms with Gasteiger partial charge in [0.05, 0.1) is 28.2 Å². The number of rotatable bonds is 6. The largest absolute Gasteiger partial charge is 0.391 e. The predicted molar refractivity (Wildman–Crippen MR) is 168 cm³/mol. The summed E-state index contributed by atoms with van der Waals surface area (Å²) in [6.07, 6.45) is 6.14. The van der Waals surface area contributed by atoms with Gasteiger partial charge in [0.1, 0.15) is 6.04 Å². The molecule has 2 aromatic rings. The molecule has 41 heavy (non-hydrogen) atoms. The van der Waals surface area contributed by atoms with Gasteiger partial charge in [0.25, 0.3) is 0 Å². The number of likely N-dealkylation sites (tertiary alicyclic amines) is 1. The molecule has 1 aliphatic carbocycles. The van der Waals surface area contributed by atoms with Crippen LogP contribution in [0.1, 0.15) is 111 Å². The second-order valence-corrected chi connectivity index (χ2v) is 15.7. The number of carbonyl (C=O) groups is 2. The third-order valence-corrected chi connectivity index (χ3v) is 10.6. The number of hydrogen-bond acceptors (Lipinski definition) is 5. The summed E-state index contributed by atoms with van der Waals surface area (Å²) < 4.78 is 0. The predicted octanol–water partition coefficient (Wildman–Crippen LogP) is 7.31. The van der Waals surface area contributed by atoms with Crippen LogP contribution >= 0.6 is 11.3 Å². The van der Waals surface area contributed by atoms with Crippen molar-refractivity contribution in [3.8, 4) is 10.4 Å². The number of benzene rings is 1. The topological polar surface area (TPSA) is 82.5 Å². The number of aliphatic hydroxyl groups is 1. The highest BCUT2D eigenvalue weighted by molar-refractivity contribution is 7.13. The molecule has 2 fully saturated rings. The standard InChI is InChI=1S/C34H51N3O3S/c1-22(24-11-13-25(14-12-24)28-23(2)35-21-41-28)36-30(39)27-19-26(38)20-37(27)31(40)29(32(3,4)5)34(8)17-9-15-33(6,7)16-10-18-34/h11-14,21-22,26-27,29,38H,9-10,15-20H2,1-8H3,(H,36,39)/t22-,26+,27-,29?/m0/s1. The van der Waals surface area contributed by atoms with Gasteiger partial charge >= 0.3 is 0 Å². The van der Waals surface area contributed by atoms with Crippen LogP contribution in [0.4, 0.5) is 0 Å². The molecule has 226 valence electrons. The summed E-state index contributed by atoms with van der Waals surface area (Å²) in [5.74, 6) is -0.396. The van der Waals surface area contributed by atoms with Gasteiger partial charge in [-0.05, 0) is 66.9 Å². The van der Waals surface area contributed by atoms with Crippen LogP contribution in [0, 0.1) is 29.1 Å². The Morgan fingerprint density at radius 1 is 1.07 bits per heavy atom. The molecule has 6 nitrogen and oxygen atoms in total. The third kappa shape index (κ3) is 7.22. The van der Waals surface area contributed by atoms with Gasteiger partial charge < -0.3 is 15.3 Å². The SMILES string of the molecule is Cc1ncsc1-c1ccc([C@H](C)NC(=O)[C@@H]2C[C@@H](O)CN2C(=O)C(C(C)(C)C)C2(C)CCCC(C)(C)CCC2)cc1. The van der Waals surface area contributed by atoms with E-state index in [0.29, 0.717) is 5.41 Å². The molecule has 2 N–H and O–H groups in total. The fourth-order valence-electron chi connectivity index (χ4n) is 7.56. The Balaban J connectivity index is 1.50. The molecule has 1 aromatic heterocycles. The van der Waals surface area contributed by atoms with Gasteiger partial charge in [-0.25, -0.2) is 4.98 Å². The molecule has 4 rings (SSSR count). The minimum atomic E-state index is -0.696. The molecule has 2 aliphatic rings. The fourth-order valence-corrected chi connectivity index (χ4v) is 8.37. The number of hydrogen-bond donors (Lipinski definition) is 2. The third-order valence-electron chi connectivity index (χ3n) is 9.65. The summed E-state index contributed by atoms with van der Waals surface area (Å²) >= 11 is 1.62. The van der Waals surface area contributed by atoms with Gasteiger partial charge in [-0.1, -0.05) is 78.6 Å². The van der Waals surface area contributed by atoms with Crippen molar-refractivity contribution in [3.05, 3.63) is 41.0 Å². The number of aryl methyl sites for hydroxylation is 1. The first-order valence-corrected chi connectivity index (χ1v) is 16.3. The van der Waals surface area contributed by atoms with E-state index < -0.39 is 12.1 Å². The van der Waals surface area contributed by atoms with Crippen molar-refractivity contribution in [2.24, 2.45) is 22.2 Å². The Labute approximate surface area is 251 Å². The van der Waals surface area contributed by atoms with Crippen LogP contribution in [0.2, 0.25) is 0 Å². The van der Waals surface area contributed by atoms with E-state index in [1.807, 2.05) is 31.5 Å². The number of thiazole rings is 1. The van der Waals surface area contributed by atoms with Gasteiger partial charge in [-0.3, -0.25) is 9.59 Å². The average molecular weight is 582 g/mol. The van der Waals surface area contributed by atoms with Crippen LogP contribution in [-0.2, 0) is 9.59 Å². The molecule has 7 heteroatoms. The Morgan fingerprint density at radius 2 is 1.68 bits per heavy atom. The van der Waals surface area contributed by atoms with Crippen molar-refractivity contribution in [3.63, 3.8) is 0 Å². The van der Waals surface area contributed by atoms with E-state index in [-0.39, 0.29) is 47.6 Å². The van der Waals surface area contributed by atoms with E-state index >= 15 is 0 Å². The first kappa shape index (κ1) is 31.7. The zero-order chi connectivity index (χ0) is 30.2. The van der Waals surface area contributed by atoms with Crippen molar-refractivity contribution >= 4 is 23.2 Å². The highest BCUT2D eigenvalue weighted by Crippen LogP contribution is 2.51. The van der Waals surface area contributed by atoms with Gasteiger partial charge in [0.15, 0.2) is 0 Å². The smallest absolute Gasteiger partial charge is 0.243 e. The summed E-state index contributed by atoms with van der Waals surface area (Å²) in [6.45, 7) is 17.7. The Kier molecular flexibility index (Phi) is 9.40. The molecule has 1 saturated carbocycles. The highest BCUT2D eigenvalue weighted by atomic mass is 32.1. The summed E-state index contributed by atoms with van der Waals surface area (Å²) in [4.78, 5) is 35.3. The highest BCUT2D eigenvalue weighted by Gasteiger charge is 2.51. The quantitative estimate of drug-likeness (QED) is 0.375. The molecule has 0 bridgehead atoms. The molecule has 1 aliphatic heterocycles. The molecule has 4 atom stereocenters. The number of nitrogens with zero attached hydrogens (tertiary/aromatic N) is 2. The maximum absolute atomic E-state index is 14.4. The second-order valence-electron chi connectivity index (χ2n) is 14.8. The van der Waals surface area contributed by atoms with E-state index in [4.69, 9.17) is 0 Å². The average Bonchev–Trinajstić information content (AvgIpc) is 3.47. The van der Waals surface area contributed by atoms with Crippen molar-refractivity contribution in [2.75, 3.05) is 6.54 Å². The second kappa shape index (κ2) is 12.2. The molecular weight excluding hydrogens is 530 g/mol. The maximum Gasteiger partial charge on any atom is 0.243 e. The lowest BCUT2D eigenvalue weighted by Crippen LogP contribution is -2.54. The first-order chi connectivity index (χ1) is 19.1. The van der Waals surface area contributed by atoms with E-state index in [0.717, 1.165) is 47.4 Å². The Bertz CT molecular complexity index is 1200. The molecule has 1 unspecified atom stereocenters. The zero-order valence-electron chi connectivity index (χ0n) is 26.4. The molecule has 2 amide bonds. The van der Waals surface area contributed by atoms with E-state index in [1.54, 1.807) is 16.2 Å². The lowest BCUT2D eigenvalue weighted by Gasteiger charge is -2.48. The minimum absolute atomic E-state index is 0.0217. The zero-order valence-corrected chi connectivity index (χ0v) is 27.2. The number of amides is 2. The van der Waals surface area contributed by atoms with Crippen LogP contribution < -0.4 is 5.32 Å². The lowest BCUT2D eigenvalue weighted by molar-refractivity contribution is -0.151. The maximum atomic E-state index is 14.4. The van der Waals surface area contributed by atoms with Crippen molar-refractivity contribution < 1.29 is 14.7 Å². The Morgan fingerprint density at radius 3 is 2.22 bits per heavy atom. The first-order valence-electron chi connectivity index (χ1n) is 15.4. The molecule has 0 radical (unpaired) electrons. The van der Waals surface area contributed by atoms with Crippen LogP contribution in [0.15, 0.2) is 29.8 Å². The van der Waals surface area contributed by atoms with E-state index in [2.05, 4.69) is 64.0 Å². The monoisotopic (exact) mass is 581 g/mol. The van der Waals surface area contributed by atoms with Crippen LogP contribution in [0.25, 0.3) is 10.4 Å². The summed E-state index contributed by atoms with van der Waals surface area (Å²) in [5, 5.41) is 13.8. The number of nitrogens with one attached hydrogen (secondary N) is 1. The van der Waals surface area contributed by atoms with Gasteiger partial charge in [-0.2, -0.15) is 0 Å². The summed E-state index contributed by atoms with van der Waals surface area (Å²) in [7, 11) is 0. The fraction of sp³-hybridized carbons (Fsp3) is 0.676. The van der Waals surface area contributed by atoms with Gasteiger partial charge in [-0.15, -0.1) is 11.3 Å². The van der Waals surface area contributed by atoms with Crippen LogP contribution in [-0.4, -0.2) is 45.5 Å². The van der Waals surface area contributed by atoms with E-state index in [9.17, 15) is 14.7 Å². The van der Waals surface area contributed by atoms with E-state index in [1.165, 1.54) is 12.8 Å². The van der Waals surface area contributed by atoms with Crippen LogP contribution in [0.3, 0.4) is 0 Å². The normalized spacial score (nSPS) is 24.3. The van der Waals surface area contributed by atoms with Crippen molar-refractivity contribution in [2.45, 2.75) is 119 Å². The number of aromatic nitrogens is 1. The van der Waals surface area contributed by atoms with Gasteiger partial charge in [0, 0.05) is 18.9 Å². The Hall–Kier alpha value is -2.25. The number of β-amino-alcohol motifs (C(OH)–C–C–N with tert-alkyl or cyclic N) is 1. The number of carbonyl (C=O) groups excluding carboxylic acids is 2. The lowest BCUT2D eigenvalue weighted by atomic mass is 9.58. The van der Waals surface area contributed by atoms with Crippen molar-refractivity contribution in [1.82, 2.24) is 15.2 Å². The molecule has 1 saturated heterocycles. The van der Waals surface area contributed by atoms with Crippen LogP contribution in [0.5, 0.6) is 0 Å². The molecule has 2 heterocycles. The molecular formula is C34H51N3O3S. The molecule has 0 spiro atoms.